The number of para-hydroxylation sites is 2. The monoisotopic (exact) mass is 532 g/mol. The van der Waals surface area contributed by atoms with E-state index in [-0.39, 0.29) is 47.9 Å². The van der Waals surface area contributed by atoms with E-state index >= 15 is 0 Å². The second-order valence-electron chi connectivity index (χ2n) is 12.1. The Labute approximate surface area is 220 Å². The van der Waals surface area contributed by atoms with Gasteiger partial charge in [-0.05, 0) is 70.1 Å². The Balaban J connectivity index is 1.46. The summed E-state index contributed by atoms with van der Waals surface area (Å²) in [6, 6.07) is 7.39. The number of hydrogen-bond acceptors (Lipinski definition) is 7. The fraction of sp³-hybridized carbons (Fsp3) is 0.655. The summed E-state index contributed by atoms with van der Waals surface area (Å²) in [4.78, 5) is 26.3. The number of hydrogen-bond donors (Lipinski definition) is 0. The average Bonchev–Trinajstić information content (AvgIpc) is 3.27. The molecule has 1 aromatic rings. The highest BCUT2D eigenvalue weighted by atomic mass is 32.2. The van der Waals surface area contributed by atoms with Gasteiger partial charge in [0.15, 0.2) is 32.9 Å². The van der Waals surface area contributed by atoms with Crippen LogP contribution in [0.25, 0.3) is 0 Å². The molecule has 0 aromatic heterocycles. The minimum Gasteiger partial charge on any atom is -0.449 e. The van der Waals surface area contributed by atoms with Crippen LogP contribution in [0.15, 0.2) is 35.4 Å². The summed E-state index contributed by atoms with van der Waals surface area (Å²) in [7, 11) is -3.71. The van der Waals surface area contributed by atoms with Crippen LogP contribution in [0.4, 0.5) is 0 Å². The average molecular weight is 533 g/mol. The molecular formula is C29H40O7S. The molecular weight excluding hydrogens is 492 g/mol. The maximum absolute atomic E-state index is 13.3. The van der Waals surface area contributed by atoms with Crippen LogP contribution in [0, 0.1) is 11.8 Å². The highest BCUT2D eigenvalue weighted by molar-refractivity contribution is 7.92. The van der Waals surface area contributed by atoms with Gasteiger partial charge in [0.05, 0.1) is 11.7 Å². The van der Waals surface area contributed by atoms with Crippen molar-refractivity contribution in [2.75, 3.05) is 6.26 Å². The van der Waals surface area contributed by atoms with Crippen LogP contribution in [0.3, 0.4) is 0 Å². The third-order valence-corrected chi connectivity index (χ3v) is 9.13. The maximum atomic E-state index is 13.3. The van der Waals surface area contributed by atoms with Crippen molar-refractivity contribution in [2.24, 2.45) is 11.8 Å². The zero-order valence-electron chi connectivity index (χ0n) is 22.8. The SMILES string of the molecule is CC1CC2=C(CC(C(=O)CCCC3(C)Oc4ccccc4O3)S(C)(=O)=O)C(=O)CCC2[C@H]1OC(C)(C)C. The lowest BCUT2D eigenvalue weighted by molar-refractivity contribution is -0.119. The number of allylic oxidation sites excluding steroid dienone is 1. The summed E-state index contributed by atoms with van der Waals surface area (Å²) >= 11 is 0. The Morgan fingerprint density at radius 2 is 1.81 bits per heavy atom. The van der Waals surface area contributed by atoms with Crippen molar-refractivity contribution in [3.05, 3.63) is 35.4 Å². The van der Waals surface area contributed by atoms with Crippen LogP contribution in [0.1, 0.15) is 79.6 Å². The van der Waals surface area contributed by atoms with Crippen molar-refractivity contribution in [1.82, 2.24) is 0 Å². The molecule has 2 aliphatic carbocycles. The molecule has 204 valence electrons. The van der Waals surface area contributed by atoms with Gasteiger partial charge in [0.25, 0.3) is 0 Å². The quantitative estimate of drug-likeness (QED) is 0.430. The zero-order valence-corrected chi connectivity index (χ0v) is 23.7. The molecule has 0 bridgehead atoms. The minimum atomic E-state index is -3.71. The molecule has 0 spiro atoms. The van der Waals surface area contributed by atoms with Crippen molar-refractivity contribution in [2.45, 2.75) is 102 Å². The van der Waals surface area contributed by atoms with Gasteiger partial charge in [0, 0.05) is 38.4 Å². The van der Waals surface area contributed by atoms with Crippen LogP contribution in [0.2, 0.25) is 0 Å². The normalized spacial score (nSPS) is 25.8. The smallest absolute Gasteiger partial charge is 0.248 e. The molecule has 0 saturated heterocycles. The Morgan fingerprint density at radius 1 is 1.19 bits per heavy atom. The van der Waals surface area contributed by atoms with E-state index in [0.717, 1.165) is 11.8 Å². The second-order valence-corrected chi connectivity index (χ2v) is 14.3. The van der Waals surface area contributed by atoms with Gasteiger partial charge < -0.3 is 14.2 Å². The lowest BCUT2D eigenvalue weighted by atomic mass is 9.81. The molecule has 1 fully saturated rings. The molecule has 0 amide bonds. The van der Waals surface area contributed by atoms with Crippen LogP contribution in [0.5, 0.6) is 11.5 Å². The van der Waals surface area contributed by atoms with E-state index in [2.05, 4.69) is 6.92 Å². The molecule has 1 saturated carbocycles. The lowest BCUT2D eigenvalue weighted by Crippen LogP contribution is -2.36. The maximum Gasteiger partial charge on any atom is 0.248 e. The van der Waals surface area contributed by atoms with Gasteiger partial charge in [-0.25, -0.2) is 8.42 Å². The van der Waals surface area contributed by atoms with Gasteiger partial charge in [-0.3, -0.25) is 9.59 Å². The highest BCUT2D eigenvalue weighted by Gasteiger charge is 2.45. The summed E-state index contributed by atoms with van der Waals surface area (Å²) in [6.07, 6.45) is 3.72. The van der Waals surface area contributed by atoms with Gasteiger partial charge in [0.1, 0.15) is 5.25 Å². The molecule has 1 heterocycles. The predicted molar refractivity (Wildman–Crippen MR) is 141 cm³/mol. The number of carbonyl (C=O) groups excluding carboxylic acids is 2. The lowest BCUT2D eigenvalue weighted by Gasteiger charge is -2.33. The summed E-state index contributed by atoms with van der Waals surface area (Å²) in [5.74, 6) is 0.336. The Hall–Kier alpha value is -2.19. The molecule has 3 aliphatic rings. The third kappa shape index (κ3) is 6.28. The minimum absolute atomic E-state index is 0.0123. The number of carbonyl (C=O) groups is 2. The van der Waals surface area contributed by atoms with E-state index in [1.807, 2.05) is 52.0 Å². The third-order valence-electron chi connectivity index (χ3n) is 7.66. The zero-order chi connectivity index (χ0) is 27.2. The molecule has 1 aromatic carbocycles. The molecule has 1 aliphatic heterocycles. The van der Waals surface area contributed by atoms with E-state index in [0.29, 0.717) is 49.2 Å². The number of benzene rings is 1. The highest BCUT2D eigenvalue weighted by Crippen LogP contribution is 2.47. The summed E-state index contributed by atoms with van der Waals surface area (Å²) in [6.45, 7) is 10.0. The van der Waals surface area contributed by atoms with Crippen LogP contribution in [-0.4, -0.2) is 49.0 Å². The number of ether oxygens (including phenoxy) is 3. The van der Waals surface area contributed by atoms with E-state index in [4.69, 9.17) is 14.2 Å². The second kappa shape index (κ2) is 10.2. The first kappa shape index (κ1) is 27.8. The van der Waals surface area contributed by atoms with Gasteiger partial charge >= 0.3 is 0 Å². The van der Waals surface area contributed by atoms with E-state index in [9.17, 15) is 18.0 Å². The molecule has 3 unspecified atom stereocenters. The number of rotatable bonds is 9. The Bertz CT molecular complexity index is 1170. The number of fused-ring (bicyclic) bond motifs is 2. The van der Waals surface area contributed by atoms with Crippen LogP contribution >= 0.6 is 0 Å². The fourth-order valence-electron chi connectivity index (χ4n) is 6.00. The molecule has 4 rings (SSSR count). The van der Waals surface area contributed by atoms with Crippen LogP contribution < -0.4 is 9.47 Å². The fourth-order valence-corrected chi connectivity index (χ4v) is 7.07. The first-order chi connectivity index (χ1) is 17.2. The Morgan fingerprint density at radius 3 is 2.38 bits per heavy atom. The van der Waals surface area contributed by atoms with Crippen molar-refractivity contribution < 1.29 is 32.2 Å². The molecule has 37 heavy (non-hydrogen) atoms. The number of sulfone groups is 1. The summed E-state index contributed by atoms with van der Waals surface area (Å²) < 4.78 is 43.7. The van der Waals surface area contributed by atoms with Crippen molar-refractivity contribution in [1.29, 1.82) is 0 Å². The predicted octanol–water partition coefficient (Wildman–Crippen LogP) is 5.22. The van der Waals surface area contributed by atoms with Crippen molar-refractivity contribution >= 4 is 21.4 Å². The van der Waals surface area contributed by atoms with Crippen LogP contribution in [-0.2, 0) is 24.2 Å². The van der Waals surface area contributed by atoms with E-state index in [1.165, 1.54) is 0 Å². The van der Waals surface area contributed by atoms with Crippen molar-refractivity contribution in [3.63, 3.8) is 0 Å². The van der Waals surface area contributed by atoms with Gasteiger partial charge in [-0.2, -0.15) is 0 Å². The molecule has 0 radical (unpaired) electrons. The summed E-state index contributed by atoms with van der Waals surface area (Å²) in [5.41, 5.74) is 1.22. The molecule has 8 heteroatoms. The molecule has 0 N–H and O–H groups in total. The van der Waals surface area contributed by atoms with Gasteiger partial charge in [0.2, 0.25) is 5.79 Å². The van der Waals surface area contributed by atoms with E-state index < -0.39 is 20.9 Å². The van der Waals surface area contributed by atoms with E-state index in [1.54, 1.807) is 0 Å². The first-order valence-electron chi connectivity index (χ1n) is 13.3. The summed E-state index contributed by atoms with van der Waals surface area (Å²) in [5, 5.41) is -1.23. The topological polar surface area (TPSA) is 96.0 Å². The molecule has 7 nitrogen and oxygen atoms in total. The Kier molecular flexibility index (Phi) is 7.65. The van der Waals surface area contributed by atoms with Gasteiger partial charge in [-0.15, -0.1) is 0 Å². The number of ketones is 2. The largest absolute Gasteiger partial charge is 0.449 e. The van der Waals surface area contributed by atoms with Gasteiger partial charge in [-0.1, -0.05) is 24.6 Å². The molecule has 4 atom stereocenters. The first-order valence-corrected chi connectivity index (χ1v) is 15.2. The standard InChI is InChI=1S/C29H40O7S/c1-18-16-20-19(27(18)36-28(2,3)4)13-14-22(30)21(20)17-26(37(6,32)33)23(31)10-9-15-29(5)34-24-11-7-8-12-25(24)35-29/h7-8,11-12,18-19,26-27H,9-10,13-17H2,1-6H3/t18?,19?,26?,27-/m0/s1. The number of Topliss-reactive ketones (excluding diaryl/α,β-unsaturated/α-hetero) is 2. The van der Waals surface area contributed by atoms with Crippen molar-refractivity contribution in [3.8, 4) is 11.5 Å².